The second-order valence-electron chi connectivity index (χ2n) is 2.29. The van der Waals surface area contributed by atoms with E-state index in [1.807, 2.05) is 13.2 Å². The predicted molar refractivity (Wildman–Crippen MR) is 49.2 cm³/mol. The van der Waals surface area contributed by atoms with E-state index < -0.39 is 0 Å². The van der Waals surface area contributed by atoms with Gasteiger partial charge in [-0.15, -0.1) is 11.3 Å². The summed E-state index contributed by atoms with van der Waals surface area (Å²) >= 11 is 1.67. The van der Waals surface area contributed by atoms with E-state index >= 15 is 0 Å². The van der Waals surface area contributed by atoms with Crippen molar-refractivity contribution in [2.45, 2.75) is 0 Å². The van der Waals surface area contributed by atoms with Crippen LogP contribution in [0.15, 0.2) is 23.7 Å². The van der Waals surface area contributed by atoms with E-state index in [0.29, 0.717) is 0 Å². The van der Waals surface area contributed by atoms with Crippen molar-refractivity contribution in [2.24, 2.45) is 0 Å². The SMILES string of the molecule is CNc1cnc2sccc2c1. The average molecular weight is 164 g/mol. The zero-order valence-corrected chi connectivity index (χ0v) is 6.98. The first kappa shape index (κ1) is 6.61. The fourth-order valence-electron chi connectivity index (χ4n) is 0.996. The van der Waals surface area contributed by atoms with Crippen LogP contribution in [0.1, 0.15) is 0 Å². The molecule has 3 heteroatoms. The second-order valence-corrected chi connectivity index (χ2v) is 3.18. The van der Waals surface area contributed by atoms with Gasteiger partial charge in [0.05, 0.1) is 11.9 Å². The van der Waals surface area contributed by atoms with Gasteiger partial charge >= 0.3 is 0 Å². The van der Waals surface area contributed by atoms with Gasteiger partial charge in [-0.05, 0) is 17.5 Å². The Morgan fingerprint density at radius 1 is 1.55 bits per heavy atom. The Bertz CT molecular complexity index is 367. The lowest BCUT2D eigenvalue weighted by Crippen LogP contribution is -1.87. The third kappa shape index (κ3) is 1.07. The molecule has 0 saturated heterocycles. The Hall–Kier alpha value is -1.09. The van der Waals surface area contributed by atoms with Gasteiger partial charge in [-0.3, -0.25) is 0 Å². The molecule has 0 unspecified atom stereocenters. The molecule has 56 valence electrons. The van der Waals surface area contributed by atoms with E-state index in [1.54, 1.807) is 11.3 Å². The fourth-order valence-corrected chi connectivity index (χ4v) is 1.72. The Labute approximate surface area is 68.9 Å². The second kappa shape index (κ2) is 2.51. The first-order chi connectivity index (χ1) is 5.40. The molecule has 0 spiro atoms. The molecule has 2 heterocycles. The number of nitrogens with one attached hydrogen (secondary N) is 1. The molecule has 1 N–H and O–H groups in total. The third-order valence-electron chi connectivity index (χ3n) is 1.59. The van der Waals surface area contributed by atoms with Crippen LogP contribution in [0.4, 0.5) is 5.69 Å². The van der Waals surface area contributed by atoms with E-state index in [0.717, 1.165) is 10.5 Å². The van der Waals surface area contributed by atoms with Crippen molar-refractivity contribution >= 4 is 27.2 Å². The van der Waals surface area contributed by atoms with Gasteiger partial charge in [0, 0.05) is 12.4 Å². The van der Waals surface area contributed by atoms with Crippen molar-refractivity contribution in [2.75, 3.05) is 12.4 Å². The summed E-state index contributed by atoms with van der Waals surface area (Å²) in [6, 6.07) is 4.17. The minimum Gasteiger partial charge on any atom is -0.387 e. The van der Waals surface area contributed by atoms with Crippen LogP contribution in [-0.4, -0.2) is 12.0 Å². The monoisotopic (exact) mass is 164 g/mol. The average Bonchev–Trinajstić information content (AvgIpc) is 2.50. The maximum Gasteiger partial charge on any atom is 0.123 e. The molecule has 11 heavy (non-hydrogen) atoms. The summed E-state index contributed by atoms with van der Waals surface area (Å²) in [6.07, 6.45) is 1.85. The number of pyridine rings is 1. The molecule has 2 rings (SSSR count). The van der Waals surface area contributed by atoms with Crippen LogP contribution in [0.2, 0.25) is 0 Å². The molecule has 0 aliphatic carbocycles. The number of nitrogens with zero attached hydrogens (tertiary/aromatic N) is 1. The van der Waals surface area contributed by atoms with Crippen LogP contribution in [0.3, 0.4) is 0 Å². The number of hydrogen-bond donors (Lipinski definition) is 1. The molecule has 0 aromatic carbocycles. The van der Waals surface area contributed by atoms with Gasteiger partial charge in [0.1, 0.15) is 4.83 Å². The quantitative estimate of drug-likeness (QED) is 0.699. The topological polar surface area (TPSA) is 24.9 Å². The van der Waals surface area contributed by atoms with Gasteiger partial charge in [-0.25, -0.2) is 4.98 Å². The van der Waals surface area contributed by atoms with Crippen molar-refractivity contribution in [3.63, 3.8) is 0 Å². The molecule has 2 aromatic heterocycles. The molecular weight excluding hydrogens is 156 g/mol. The van der Waals surface area contributed by atoms with Crippen molar-refractivity contribution in [1.82, 2.24) is 4.98 Å². The Kier molecular flexibility index (Phi) is 1.51. The predicted octanol–water partition coefficient (Wildman–Crippen LogP) is 2.34. The van der Waals surface area contributed by atoms with Gasteiger partial charge in [-0.2, -0.15) is 0 Å². The Morgan fingerprint density at radius 3 is 3.27 bits per heavy atom. The molecule has 0 atom stereocenters. The van der Waals surface area contributed by atoms with Gasteiger partial charge in [0.2, 0.25) is 0 Å². The lowest BCUT2D eigenvalue weighted by molar-refractivity contribution is 1.40. The fraction of sp³-hybridized carbons (Fsp3) is 0.125. The first-order valence-corrected chi connectivity index (χ1v) is 4.29. The molecule has 0 aliphatic rings. The van der Waals surface area contributed by atoms with Crippen LogP contribution in [0.25, 0.3) is 10.2 Å². The van der Waals surface area contributed by atoms with Crippen molar-refractivity contribution in [1.29, 1.82) is 0 Å². The van der Waals surface area contributed by atoms with Crippen LogP contribution in [-0.2, 0) is 0 Å². The minimum absolute atomic E-state index is 1.07. The molecule has 2 nitrogen and oxygen atoms in total. The summed E-state index contributed by atoms with van der Waals surface area (Å²) in [4.78, 5) is 5.37. The lowest BCUT2D eigenvalue weighted by atomic mass is 10.3. The number of anilines is 1. The highest BCUT2D eigenvalue weighted by Gasteiger charge is 1.95. The van der Waals surface area contributed by atoms with E-state index in [2.05, 4.69) is 27.8 Å². The standard InChI is InChI=1S/C8H8N2S/c1-9-7-4-6-2-3-11-8(6)10-5-7/h2-5,9H,1H3. The molecule has 0 aliphatic heterocycles. The normalized spacial score (nSPS) is 10.3. The Morgan fingerprint density at radius 2 is 2.45 bits per heavy atom. The smallest absolute Gasteiger partial charge is 0.123 e. The highest BCUT2D eigenvalue weighted by atomic mass is 32.1. The van der Waals surface area contributed by atoms with Crippen LogP contribution in [0, 0.1) is 0 Å². The summed E-state index contributed by atoms with van der Waals surface area (Å²) in [5, 5.41) is 6.31. The van der Waals surface area contributed by atoms with Gasteiger partial charge in [-0.1, -0.05) is 0 Å². The zero-order chi connectivity index (χ0) is 7.68. The van der Waals surface area contributed by atoms with Crippen molar-refractivity contribution < 1.29 is 0 Å². The summed E-state index contributed by atoms with van der Waals surface area (Å²) < 4.78 is 0. The van der Waals surface area contributed by atoms with Gasteiger partial charge < -0.3 is 5.32 Å². The van der Waals surface area contributed by atoms with Crippen molar-refractivity contribution in [3.8, 4) is 0 Å². The largest absolute Gasteiger partial charge is 0.387 e. The van der Waals surface area contributed by atoms with Crippen molar-refractivity contribution in [3.05, 3.63) is 23.7 Å². The van der Waals surface area contributed by atoms with Crippen LogP contribution >= 0.6 is 11.3 Å². The maximum absolute atomic E-state index is 4.27. The molecule has 0 amide bonds. The summed E-state index contributed by atoms with van der Waals surface area (Å²) in [5.41, 5.74) is 1.07. The van der Waals surface area contributed by atoms with Crippen LogP contribution in [0.5, 0.6) is 0 Å². The molecule has 0 bridgehead atoms. The highest BCUT2D eigenvalue weighted by molar-refractivity contribution is 7.16. The summed E-state index contributed by atoms with van der Waals surface area (Å²) in [6.45, 7) is 0. The zero-order valence-electron chi connectivity index (χ0n) is 6.16. The van der Waals surface area contributed by atoms with Gasteiger partial charge in [0.25, 0.3) is 0 Å². The molecule has 0 saturated carbocycles. The minimum atomic E-state index is 1.07. The first-order valence-electron chi connectivity index (χ1n) is 3.41. The number of fused-ring (bicyclic) bond motifs is 1. The van der Waals surface area contributed by atoms with Crippen LogP contribution < -0.4 is 5.32 Å². The van der Waals surface area contributed by atoms with E-state index in [4.69, 9.17) is 0 Å². The Balaban J connectivity index is 2.67. The number of thiophene rings is 1. The van der Waals surface area contributed by atoms with E-state index in [-0.39, 0.29) is 0 Å². The number of aromatic nitrogens is 1. The number of rotatable bonds is 1. The third-order valence-corrected chi connectivity index (χ3v) is 2.43. The summed E-state index contributed by atoms with van der Waals surface area (Å²) in [7, 11) is 1.90. The maximum atomic E-state index is 4.27. The summed E-state index contributed by atoms with van der Waals surface area (Å²) in [5.74, 6) is 0. The highest BCUT2D eigenvalue weighted by Crippen LogP contribution is 2.20. The molecule has 0 radical (unpaired) electrons. The number of hydrogen-bond acceptors (Lipinski definition) is 3. The molecular formula is C8H8N2S. The lowest BCUT2D eigenvalue weighted by Gasteiger charge is -1.96. The molecule has 0 fully saturated rings. The molecule has 2 aromatic rings. The van der Waals surface area contributed by atoms with Gasteiger partial charge in [0.15, 0.2) is 0 Å². The van der Waals surface area contributed by atoms with E-state index in [9.17, 15) is 0 Å². The van der Waals surface area contributed by atoms with E-state index in [1.165, 1.54) is 5.39 Å².